The molecule has 228 valence electrons. The Labute approximate surface area is 250 Å². The van der Waals surface area contributed by atoms with E-state index in [9.17, 15) is 14.3 Å². The lowest BCUT2D eigenvalue weighted by Gasteiger charge is -2.24. The molecule has 0 aliphatic carbocycles. The molecule has 13 heteroatoms. The second kappa shape index (κ2) is 16.7. The number of rotatable bonds is 17. The van der Waals surface area contributed by atoms with Gasteiger partial charge in [0.25, 0.3) is 0 Å². The second-order valence-electron chi connectivity index (χ2n) is 10.1. The molecular formula is C30H38FN9O3. The van der Waals surface area contributed by atoms with Crippen LogP contribution in [0, 0.1) is 5.82 Å². The van der Waals surface area contributed by atoms with Crippen molar-refractivity contribution >= 4 is 29.6 Å². The van der Waals surface area contributed by atoms with Crippen molar-refractivity contribution in [2.75, 3.05) is 43.4 Å². The second-order valence-corrected chi connectivity index (χ2v) is 10.1. The summed E-state index contributed by atoms with van der Waals surface area (Å²) >= 11 is 0. The van der Waals surface area contributed by atoms with Crippen molar-refractivity contribution in [2.45, 2.75) is 44.6 Å². The van der Waals surface area contributed by atoms with Gasteiger partial charge in [0.1, 0.15) is 42.2 Å². The summed E-state index contributed by atoms with van der Waals surface area (Å²) < 4.78 is 19.2. The predicted octanol–water partition coefficient (Wildman–Crippen LogP) is 3.60. The van der Waals surface area contributed by atoms with Gasteiger partial charge < -0.3 is 26.2 Å². The summed E-state index contributed by atoms with van der Waals surface area (Å²) in [6.07, 6.45) is 13.5. The third kappa shape index (κ3) is 10.6. The monoisotopic (exact) mass is 591 g/mol. The number of aliphatic imine (C=N–C) groups is 1. The van der Waals surface area contributed by atoms with E-state index in [0.29, 0.717) is 43.5 Å². The van der Waals surface area contributed by atoms with Crippen LogP contribution in [0.3, 0.4) is 0 Å². The maximum Gasteiger partial charge on any atom is 0.326 e. The van der Waals surface area contributed by atoms with Crippen LogP contribution in [0.5, 0.6) is 5.75 Å². The molecule has 0 aromatic carbocycles. The standard InChI is InChI=1S/C30H38FN9O3/c31-23-17-25(20-33-19-23)43-16-15-40(13-2-1-6-24-8-7-22-5-3-11-35-29(22)38-24)14-9-26(30(41)42)39-28-18-27(36-21-37-28)34-12-4-10-32/h4,7-8,10,12,17-21,26H,1-3,5-6,9,11,13-16,32H2,(H,35,38)(H,41,42)(H,36,37,39)/t26-/m0/s1. The van der Waals surface area contributed by atoms with E-state index in [1.165, 1.54) is 36.6 Å². The molecular weight excluding hydrogens is 553 g/mol. The van der Waals surface area contributed by atoms with E-state index in [4.69, 9.17) is 15.5 Å². The molecule has 3 aromatic rings. The van der Waals surface area contributed by atoms with Crippen molar-refractivity contribution in [1.82, 2.24) is 24.8 Å². The maximum atomic E-state index is 13.5. The number of hydrogen-bond donors (Lipinski definition) is 4. The van der Waals surface area contributed by atoms with Crippen LogP contribution in [0.4, 0.5) is 21.8 Å². The lowest BCUT2D eigenvalue weighted by Crippen LogP contribution is -2.37. The third-order valence-corrected chi connectivity index (χ3v) is 6.88. The van der Waals surface area contributed by atoms with Gasteiger partial charge >= 0.3 is 5.97 Å². The molecule has 1 atom stereocenters. The molecule has 0 unspecified atom stereocenters. The number of aromatic nitrogens is 4. The van der Waals surface area contributed by atoms with Gasteiger partial charge in [0.2, 0.25) is 0 Å². The van der Waals surface area contributed by atoms with Gasteiger partial charge in [-0.15, -0.1) is 0 Å². The maximum absolute atomic E-state index is 13.5. The molecule has 0 radical (unpaired) electrons. The summed E-state index contributed by atoms with van der Waals surface area (Å²) in [4.78, 5) is 35.2. The Bertz CT molecular complexity index is 1390. The Morgan fingerprint density at radius 3 is 2.98 bits per heavy atom. The van der Waals surface area contributed by atoms with Crippen molar-refractivity contribution in [3.05, 3.63) is 72.3 Å². The van der Waals surface area contributed by atoms with E-state index in [2.05, 4.69) is 47.6 Å². The molecule has 0 saturated heterocycles. The van der Waals surface area contributed by atoms with Gasteiger partial charge in [-0.2, -0.15) is 0 Å². The molecule has 0 saturated carbocycles. The Morgan fingerprint density at radius 1 is 1.23 bits per heavy atom. The molecule has 0 spiro atoms. The highest BCUT2D eigenvalue weighted by Gasteiger charge is 2.20. The van der Waals surface area contributed by atoms with Gasteiger partial charge in [-0.1, -0.05) is 6.07 Å². The number of carbonyl (C=O) groups is 1. The molecule has 1 aliphatic heterocycles. The van der Waals surface area contributed by atoms with Gasteiger partial charge in [0.15, 0.2) is 5.82 Å². The Morgan fingerprint density at radius 2 is 2.14 bits per heavy atom. The average molecular weight is 592 g/mol. The normalized spacial score (nSPS) is 13.6. The molecule has 5 N–H and O–H groups in total. The van der Waals surface area contributed by atoms with E-state index < -0.39 is 17.8 Å². The largest absolute Gasteiger partial charge is 0.491 e. The first-order valence-electron chi connectivity index (χ1n) is 14.4. The molecule has 0 fully saturated rings. The van der Waals surface area contributed by atoms with Crippen molar-refractivity contribution in [3.8, 4) is 5.75 Å². The molecule has 3 aromatic heterocycles. The fourth-order valence-electron chi connectivity index (χ4n) is 4.66. The topological polar surface area (TPSA) is 164 Å². The zero-order chi connectivity index (χ0) is 30.3. The van der Waals surface area contributed by atoms with Gasteiger partial charge in [-0.3, -0.25) is 9.88 Å². The highest BCUT2D eigenvalue weighted by Crippen LogP contribution is 2.20. The summed E-state index contributed by atoms with van der Waals surface area (Å²) in [6.45, 7) is 3.02. The van der Waals surface area contributed by atoms with Crippen LogP contribution in [-0.2, 0) is 17.6 Å². The van der Waals surface area contributed by atoms with Crippen molar-refractivity contribution in [2.24, 2.45) is 10.7 Å². The van der Waals surface area contributed by atoms with Crippen LogP contribution in [0.25, 0.3) is 0 Å². The van der Waals surface area contributed by atoms with E-state index in [1.54, 1.807) is 12.1 Å². The number of ether oxygens (including phenoxy) is 1. The minimum atomic E-state index is -0.996. The number of aliphatic carboxylic acids is 1. The smallest absolute Gasteiger partial charge is 0.326 e. The zero-order valence-corrected chi connectivity index (χ0v) is 24.0. The van der Waals surface area contributed by atoms with E-state index >= 15 is 0 Å². The number of fused-ring (bicyclic) bond motifs is 1. The number of unbranched alkanes of at least 4 members (excludes halogenated alkanes) is 1. The number of carboxylic acids is 1. The van der Waals surface area contributed by atoms with Crippen LogP contribution in [-0.4, -0.2) is 81.0 Å². The SMILES string of the molecule is NC=CC=Nc1cc(N[C@@H](CCN(CCCCc2ccc3c(n2)NCCC3)CCOc2cncc(F)c2)C(=O)O)ncn1. The van der Waals surface area contributed by atoms with Crippen LogP contribution in [0.1, 0.15) is 36.9 Å². The lowest BCUT2D eigenvalue weighted by atomic mass is 10.1. The summed E-state index contributed by atoms with van der Waals surface area (Å²) in [5, 5.41) is 16.3. The van der Waals surface area contributed by atoms with Gasteiger partial charge in [-0.25, -0.2) is 29.1 Å². The summed E-state index contributed by atoms with van der Waals surface area (Å²) in [7, 11) is 0. The number of aryl methyl sites for hydroxylation is 2. The number of allylic oxidation sites excluding steroid dienone is 1. The molecule has 12 nitrogen and oxygen atoms in total. The molecule has 43 heavy (non-hydrogen) atoms. The van der Waals surface area contributed by atoms with Crippen LogP contribution >= 0.6 is 0 Å². The molecule has 0 amide bonds. The number of hydrogen-bond acceptors (Lipinski definition) is 11. The van der Waals surface area contributed by atoms with Crippen LogP contribution in [0.2, 0.25) is 0 Å². The van der Waals surface area contributed by atoms with Gasteiger partial charge in [0.05, 0.1) is 12.4 Å². The van der Waals surface area contributed by atoms with Crippen molar-refractivity contribution in [1.29, 1.82) is 0 Å². The number of nitrogens with one attached hydrogen (secondary N) is 2. The summed E-state index contributed by atoms with van der Waals surface area (Å²) in [6, 6.07) is 6.23. The number of anilines is 2. The number of halogens is 1. The Kier molecular flexibility index (Phi) is 12.2. The average Bonchev–Trinajstić information content (AvgIpc) is 3.01. The van der Waals surface area contributed by atoms with Crippen molar-refractivity contribution in [3.63, 3.8) is 0 Å². The first-order chi connectivity index (χ1) is 21.0. The minimum absolute atomic E-state index is 0.304. The molecule has 1 aliphatic rings. The number of pyridine rings is 2. The first kappa shape index (κ1) is 31.3. The molecule has 0 bridgehead atoms. The predicted molar refractivity (Wildman–Crippen MR) is 163 cm³/mol. The summed E-state index contributed by atoms with van der Waals surface area (Å²) in [5.41, 5.74) is 7.64. The quantitative estimate of drug-likeness (QED) is 0.134. The number of nitrogens with zero attached hydrogens (tertiary/aromatic N) is 6. The molecule has 4 rings (SSSR count). The fourth-order valence-corrected chi connectivity index (χ4v) is 4.66. The fraction of sp³-hybridized carbons (Fsp3) is 0.400. The van der Waals surface area contributed by atoms with E-state index in [-0.39, 0.29) is 0 Å². The highest BCUT2D eigenvalue weighted by atomic mass is 19.1. The van der Waals surface area contributed by atoms with E-state index in [1.807, 2.05) is 0 Å². The molecule has 4 heterocycles. The summed E-state index contributed by atoms with van der Waals surface area (Å²) in [5.74, 6) is 0.605. The van der Waals surface area contributed by atoms with Crippen molar-refractivity contribution < 1.29 is 19.0 Å². The lowest BCUT2D eigenvalue weighted by molar-refractivity contribution is -0.138. The van der Waals surface area contributed by atoms with Crippen LogP contribution < -0.4 is 21.1 Å². The Hall–Kier alpha value is -4.65. The van der Waals surface area contributed by atoms with Gasteiger partial charge in [-0.05, 0) is 69.0 Å². The van der Waals surface area contributed by atoms with Crippen LogP contribution in [0.15, 0.2) is 60.3 Å². The number of carboxylic acid groups (broad SMARTS) is 1. The third-order valence-electron chi connectivity index (χ3n) is 6.88. The number of nitrogens with two attached hydrogens (primary N) is 1. The van der Waals surface area contributed by atoms with E-state index in [0.717, 1.165) is 62.9 Å². The zero-order valence-electron chi connectivity index (χ0n) is 24.0. The minimum Gasteiger partial charge on any atom is -0.491 e. The Balaban J connectivity index is 1.32. The van der Waals surface area contributed by atoms with Gasteiger partial charge in [0, 0.05) is 43.7 Å². The first-order valence-corrected chi connectivity index (χ1v) is 14.4. The highest BCUT2D eigenvalue weighted by molar-refractivity contribution is 5.77.